The van der Waals surface area contributed by atoms with Crippen LogP contribution in [0.25, 0.3) is 16.0 Å². The average Bonchev–Trinajstić information content (AvgIpc) is 3.29. The first kappa shape index (κ1) is 29.2. The van der Waals surface area contributed by atoms with Crippen molar-refractivity contribution in [1.82, 2.24) is 29.7 Å². The van der Waals surface area contributed by atoms with Crippen LogP contribution in [0.1, 0.15) is 52.6 Å². The number of nitrogens with two attached hydrogens (primary N) is 1. The molecule has 1 aromatic carbocycles. The van der Waals surface area contributed by atoms with E-state index in [1.807, 2.05) is 20.8 Å². The number of hydrogen-bond donors (Lipinski definition) is 3. The topological polar surface area (TPSA) is 151 Å². The Labute approximate surface area is 222 Å². The number of hydrogen-bond acceptors (Lipinski definition) is 8. The van der Waals surface area contributed by atoms with Crippen molar-refractivity contribution >= 4 is 36.1 Å². The molecule has 4 N–H and O–H groups in total. The van der Waals surface area contributed by atoms with Crippen molar-refractivity contribution in [3.8, 4) is 0 Å². The van der Waals surface area contributed by atoms with Crippen molar-refractivity contribution in [1.29, 1.82) is 0 Å². The van der Waals surface area contributed by atoms with E-state index in [0.717, 1.165) is 5.56 Å². The number of nitrogens with one attached hydrogen (secondary N) is 2. The second-order valence-electron chi connectivity index (χ2n) is 9.60. The summed E-state index contributed by atoms with van der Waals surface area (Å²) in [5, 5.41) is 6.14. The van der Waals surface area contributed by atoms with Gasteiger partial charge in [0, 0.05) is 6.04 Å². The summed E-state index contributed by atoms with van der Waals surface area (Å²) in [5.41, 5.74) is 7.05. The first-order chi connectivity index (χ1) is 18.0. The third-order valence-electron chi connectivity index (χ3n) is 5.76. The predicted octanol–water partition coefficient (Wildman–Crippen LogP) is 4.19. The van der Waals surface area contributed by atoms with Crippen LogP contribution in [0.5, 0.6) is 0 Å². The molecule has 204 valence electrons. The molecule has 0 radical (unpaired) electrons. The molecule has 0 saturated heterocycles. The van der Waals surface area contributed by atoms with Gasteiger partial charge in [0.15, 0.2) is 17.2 Å². The minimum atomic E-state index is -3.52. The van der Waals surface area contributed by atoms with Gasteiger partial charge in [-0.1, -0.05) is 31.2 Å². The molecule has 0 aliphatic rings. The van der Waals surface area contributed by atoms with E-state index in [2.05, 4.69) is 30.0 Å². The molecule has 0 aliphatic carbocycles. The van der Waals surface area contributed by atoms with E-state index < -0.39 is 19.0 Å². The van der Waals surface area contributed by atoms with Gasteiger partial charge in [0.05, 0.1) is 32.2 Å². The summed E-state index contributed by atoms with van der Waals surface area (Å²) in [4.78, 5) is 28.6. The summed E-state index contributed by atoms with van der Waals surface area (Å²) >= 11 is 0. The Kier molecular flexibility index (Phi) is 9.57. The largest absolute Gasteiger partial charge is 0.464 e. The Morgan fingerprint density at radius 3 is 2.61 bits per heavy atom. The van der Waals surface area contributed by atoms with Crippen molar-refractivity contribution < 1.29 is 18.8 Å². The van der Waals surface area contributed by atoms with E-state index >= 15 is 0 Å². The van der Waals surface area contributed by atoms with Gasteiger partial charge in [-0.2, -0.15) is 0 Å². The lowest BCUT2D eigenvalue weighted by Gasteiger charge is -2.33. The van der Waals surface area contributed by atoms with Crippen molar-refractivity contribution in [3.05, 3.63) is 53.9 Å². The number of benzene rings is 1. The number of aromatic nitrogens is 4. The molecule has 2 aromatic heterocycles. The summed E-state index contributed by atoms with van der Waals surface area (Å²) in [6.07, 6.45) is 3.06. The maximum atomic E-state index is 14.2. The Morgan fingerprint density at radius 2 is 1.95 bits per heavy atom. The number of rotatable bonds is 13. The number of nitrogens with zero attached hydrogens (tertiary/aromatic N) is 5. The molecule has 0 aliphatic heterocycles. The fourth-order valence-corrected chi connectivity index (χ4v) is 6.23. The monoisotopic (exact) mass is 542 g/mol. The highest BCUT2D eigenvalue weighted by atomic mass is 31.2. The van der Waals surface area contributed by atoms with Gasteiger partial charge in [0.2, 0.25) is 7.44 Å². The molecule has 3 atom stereocenters. The summed E-state index contributed by atoms with van der Waals surface area (Å²) < 4.78 is 27.4. The van der Waals surface area contributed by atoms with E-state index in [-0.39, 0.29) is 30.9 Å². The van der Waals surface area contributed by atoms with Gasteiger partial charge < -0.3 is 19.8 Å². The molecule has 0 amide bonds. The highest BCUT2D eigenvalue weighted by Crippen LogP contribution is 2.42. The molecular weight excluding hydrogens is 507 g/mol. The van der Waals surface area contributed by atoms with Gasteiger partial charge in [-0.25, -0.2) is 30.0 Å². The number of ether oxygens (including phenoxy) is 2. The molecule has 13 heteroatoms. The van der Waals surface area contributed by atoms with Gasteiger partial charge in [-0.3, -0.25) is 9.36 Å². The Bertz CT molecular complexity index is 1340. The lowest BCUT2D eigenvalue weighted by molar-refractivity contribution is -0.149. The zero-order valence-corrected chi connectivity index (χ0v) is 23.2. The maximum absolute atomic E-state index is 14.2. The highest BCUT2D eigenvalue weighted by Gasteiger charge is 2.38. The normalized spacial score (nSPS) is 14.9. The van der Waals surface area contributed by atoms with Crippen LogP contribution in [0, 0.1) is 6.57 Å². The van der Waals surface area contributed by atoms with Gasteiger partial charge in [-0.15, -0.1) is 0 Å². The quantitative estimate of drug-likeness (QED) is 0.163. The summed E-state index contributed by atoms with van der Waals surface area (Å²) in [6, 6.07) is 6.64. The first-order valence-electron chi connectivity index (χ1n) is 12.3. The molecule has 0 saturated carbocycles. The van der Waals surface area contributed by atoms with Gasteiger partial charge in [-0.05, 0) is 39.7 Å². The van der Waals surface area contributed by atoms with E-state index in [9.17, 15) is 9.36 Å². The highest BCUT2D eigenvalue weighted by molar-refractivity contribution is 7.59. The number of anilines is 1. The van der Waals surface area contributed by atoms with Crippen molar-refractivity contribution in [2.24, 2.45) is 0 Å². The minimum absolute atomic E-state index is 0.202. The van der Waals surface area contributed by atoms with Crippen molar-refractivity contribution in [2.75, 3.05) is 18.7 Å². The molecule has 1 unspecified atom stereocenters. The third kappa shape index (κ3) is 7.36. The molecule has 12 nitrogen and oxygen atoms in total. The number of imidazole rings is 1. The van der Waals surface area contributed by atoms with Crippen molar-refractivity contribution in [3.63, 3.8) is 0 Å². The second-order valence-corrected chi connectivity index (χ2v) is 11.8. The molecule has 2 heterocycles. The van der Waals surface area contributed by atoms with Gasteiger partial charge in [0.1, 0.15) is 23.7 Å². The van der Waals surface area contributed by atoms with E-state index in [4.69, 9.17) is 21.8 Å². The fourth-order valence-electron chi connectivity index (χ4n) is 3.79. The molecule has 3 aromatic rings. The Hall–Kier alpha value is -3.36. The van der Waals surface area contributed by atoms with E-state index in [0.29, 0.717) is 29.8 Å². The van der Waals surface area contributed by atoms with Crippen LogP contribution >= 0.6 is 7.44 Å². The number of esters is 1. The van der Waals surface area contributed by atoms with E-state index in [1.54, 1.807) is 49.0 Å². The number of nitrogen functional groups attached to an aromatic ring is 1. The standard InChI is InChI=1S/C25H35N8O4P/c1-7-12-36-24(34)25(4,5)32-38(35,31-18(3)19-8-10-20(27-6)11-9-19)16-37-17(2)13-33-15-30-21-22(26)28-14-29-23(21)33/h8-11,14-15,17-18H,7,12-13,16H2,1-5H3,(H2,26,28,29)(H2,31,32,35)/t17-,18-,38?/m1/s1. The molecule has 3 rings (SSSR count). The Balaban J connectivity index is 1.77. The van der Waals surface area contributed by atoms with Crippen LogP contribution in [0.4, 0.5) is 11.5 Å². The maximum Gasteiger partial charge on any atom is 0.326 e. The second kappa shape index (κ2) is 12.5. The average molecular weight is 543 g/mol. The molecule has 38 heavy (non-hydrogen) atoms. The Morgan fingerprint density at radius 1 is 1.24 bits per heavy atom. The van der Waals surface area contributed by atoms with Gasteiger partial charge in [0.25, 0.3) is 0 Å². The van der Waals surface area contributed by atoms with Crippen LogP contribution in [-0.4, -0.2) is 50.1 Å². The minimum Gasteiger partial charge on any atom is -0.464 e. The predicted molar refractivity (Wildman–Crippen MR) is 145 cm³/mol. The summed E-state index contributed by atoms with van der Waals surface area (Å²) in [6.45, 7) is 16.6. The lowest BCUT2D eigenvalue weighted by Crippen LogP contribution is -2.49. The first-order valence-corrected chi connectivity index (χ1v) is 14.2. The third-order valence-corrected chi connectivity index (χ3v) is 7.99. The molecule has 0 spiro atoms. The van der Waals surface area contributed by atoms with Gasteiger partial charge >= 0.3 is 5.97 Å². The van der Waals surface area contributed by atoms with Crippen LogP contribution in [0.15, 0.2) is 36.9 Å². The van der Waals surface area contributed by atoms with Crippen LogP contribution < -0.4 is 15.9 Å². The number of carbonyl (C=O) groups excluding carboxylic acids is 1. The summed E-state index contributed by atoms with van der Waals surface area (Å²) in [5.74, 6) is -0.221. The SMILES string of the molecule is [C-]#[N+]c1ccc([C@@H](C)NP(=O)(CO[C@H](C)Cn2cnc3c(N)ncnc32)NC(C)(C)C(=O)OCCC)cc1. The lowest BCUT2D eigenvalue weighted by atomic mass is 10.1. The number of fused-ring (bicyclic) bond motifs is 1. The zero-order valence-electron chi connectivity index (χ0n) is 22.3. The fraction of sp³-hybridized carbons (Fsp3) is 0.480. The van der Waals surface area contributed by atoms with Crippen LogP contribution in [-0.2, 0) is 25.4 Å². The molecular formula is C25H35N8O4P. The molecule has 0 bridgehead atoms. The van der Waals surface area contributed by atoms with E-state index in [1.165, 1.54) is 6.33 Å². The summed E-state index contributed by atoms with van der Waals surface area (Å²) in [7, 11) is -3.52. The number of carbonyl (C=O) groups is 1. The zero-order chi connectivity index (χ0) is 27.9. The van der Waals surface area contributed by atoms with Crippen molar-refractivity contribution in [2.45, 2.75) is 65.3 Å². The smallest absolute Gasteiger partial charge is 0.326 e. The molecule has 0 fully saturated rings. The van der Waals surface area contributed by atoms with Crippen LogP contribution in [0.3, 0.4) is 0 Å². The van der Waals surface area contributed by atoms with Crippen LogP contribution in [0.2, 0.25) is 0 Å².